The summed E-state index contributed by atoms with van der Waals surface area (Å²) in [5.74, 6) is 0. The third-order valence-electron chi connectivity index (χ3n) is 0.939. The van der Waals surface area contributed by atoms with Gasteiger partial charge in [0.1, 0.15) is 0 Å². The molecule has 53 valence electrons. The summed E-state index contributed by atoms with van der Waals surface area (Å²) in [5, 5.41) is 0. The summed E-state index contributed by atoms with van der Waals surface area (Å²) in [4.78, 5) is 9.42. The molecule has 0 aliphatic rings. The lowest BCUT2D eigenvalue weighted by molar-refractivity contribution is 0.267. The number of alkyl halides is 1. The molecule has 2 nitrogen and oxygen atoms in total. The van der Waals surface area contributed by atoms with Crippen molar-refractivity contribution >= 4 is 6.47 Å². The number of hydrogen-bond donors (Lipinski definition) is 0. The fourth-order valence-electron chi connectivity index (χ4n) is 0.487. The maximum atomic E-state index is 11.4. The van der Waals surface area contributed by atoms with E-state index in [1.165, 1.54) is 6.47 Å². The SMILES string of the molecule is O=[C]OCCCCCF. The topological polar surface area (TPSA) is 26.3 Å². The van der Waals surface area contributed by atoms with Gasteiger partial charge < -0.3 is 4.74 Å². The predicted molar refractivity (Wildman–Crippen MR) is 31.5 cm³/mol. The van der Waals surface area contributed by atoms with E-state index in [1.54, 1.807) is 0 Å². The normalized spacial score (nSPS) is 9.00. The molecule has 0 saturated heterocycles. The molecule has 0 aromatic rings. The van der Waals surface area contributed by atoms with Crippen molar-refractivity contribution in [1.29, 1.82) is 0 Å². The summed E-state index contributed by atoms with van der Waals surface area (Å²) in [7, 11) is 0. The van der Waals surface area contributed by atoms with E-state index >= 15 is 0 Å². The van der Waals surface area contributed by atoms with Crippen LogP contribution in [0.2, 0.25) is 0 Å². The first-order chi connectivity index (χ1) is 4.41. The van der Waals surface area contributed by atoms with Gasteiger partial charge >= 0.3 is 6.47 Å². The largest absolute Gasteiger partial charge is 0.457 e. The monoisotopic (exact) mass is 133 g/mol. The molecule has 0 amide bonds. The van der Waals surface area contributed by atoms with Crippen LogP contribution in [-0.2, 0) is 9.53 Å². The van der Waals surface area contributed by atoms with Crippen molar-refractivity contribution in [2.24, 2.45) is 0 Å². The van der Waals surface area contributed by atoms with Gasteiger partial charge in [-0.1, -0.05) is 0 Å². The van der Waals surface area contributed by atoms with Gasteiger partial charge in [0.15, 0.2) is 0 Å². The summed E-state index contributed by atoms with van der Waals surface area (Å²) in [6.45, 7) is 1.38. The standard InChI is InChI=1S/C6H10FO2/c7-4-2-1-3-5-9-6-8/h1-5H2. The van der Waals surface area contributed by atoms with Gasteiger partial charge in [-0.3, -0.25) is 4.39 Å². The van der Waals surface area contributed by atoms with Gasteiger partial charge in [0, 0.05) is 0 Å². The zero-order valence-electron chi connectivity index (χ0n) is 5.23. The highest BCUT2D eigenvalue weighted by Crippen LogP contribution is 1.94. The van der Waals surface area contributed by atoms with Crippen molar-refractivity contribution in [3.05, 3.63) is 0 Å². The minimum absolute atomic E-state index is 0.287. The van der Waals surface area contributed by atoms with Crippen molar-refractivity contribution in [2.75, 3.05) is 13.3 Å². The molecular weight excluding hydrogens is 123 g/mol. The van der Waals surface area contributed by atoms with Crippen molar-refractivity contribution in [1.82, 2.24) is 0 Å². The predicted octanol–water partition coefficient (Wildman–Crippen LogP) is 1.21. The molecule has 0 saturated carbocycles. The van der Waals surface area contributed by atoms with Gasteiger partial charge in [-0.2, -0.15) is 0 Å². The quantitative estimate of drug-likeness (QED) is 0.509. The molecule has 0 aromatic carbocycles. The molecule has 0 spiro atoms. The Morgan fingerprint density at radius 3 is 2.67 bits per heavy atom. The summed E-state index contributed by atoms with van der Waals surface area (Å²) in [6.07, 6.45) is 2.07. The third-order valence-corrected chi connectivity index (χ3v) is 0.939. The second kappa shape index (κ2) is 7.40. The first-order valence-electron chi connectivity index (χ1n) is 2.96. The Morgan fingerprint density at radius 1 is 1.33 bits per heavy atom. The molecular formula is C6H10FO2. The Kier molecular flexibility index (Phi) is 6.91. The number of hydrogen-bond acceptors (Lipinski definition) is 2. The molecule has 0 heterocycles. The lowest BCUT2D eigenvalue weighted by Gasteiger charge is -1.94. The van der Waals surface area contributed by atoms with E-state index in [0.29, 0.717) is 13.0 Å². The first kappa shape index (κ1) is 8.40. The van der Waals surface area contributed by atoms with Crippen LogP contribution in [0.25, 0.3) is 0 Å². The highest BCUT2D eigenvalue weighted by Gasteiger charge is 1.87. The average molecular weight is 133 g/mol. The second-order valence-corrected chi connectivity index (χ2v) is 1.68. The van der Waals surface area contributed by atoms with Gasteiger partial charge in [0.05, 0.1) is 13.3 Å². The van der Waals surface area contributed by atoms with Crippen LogP contribution in [0, 0.1) is 0 Å². The van der Waals surface area contributed by atoms with Crippen LogP contribution in [0.4, 0.5) is 4.39 Å². The zero-order valence-corrected chi connectivity index (χ0v) is 5.23. The second-order valence-electron chi connectivity index (χ2n) is 1.68. The molecule has 0 unspecified atom stereocenters. The summed E-state index contributed by atoms with van der Waals surface area (Å²) in [6, 6.07) is 0. The van der Waals surface area contributed by atoms with E-state index in [-0.39, 0.29) is 6.67 Å². The van der Waals surface area contributed by atoms with E-state index in [1.807, 2.05) is 0 Å². The van der Waals surface area contributed by atoms with Crippen molar-refractivity contribution in [2.45, 2.75) is 19.3 Å². The van der Waals surface area contributed by atoms with E-state index < -0.39 is 0 Å². The molecule has 0 aliphatic heterocycles. The molecule has 0 atom stereocenters. The van der Waals surface area contributed by atoms with Gasteiger partial charge in [-0.15, -0.1) is 0 Å². The maximum Gasteiger partial charge on any atom is 0.417 e. The van der Waals surface area contributed by atoms with Crippen LogP contribution in [0.1, 0.15) is 19.3 Å². The van der Waals surface area contributed by atoms with E-state index in [0.717, 1.165) is 12.8 Å². The first-order valence-corrected chi connectivity index (χ1v) is 2.96. The lowest BCUT2D eigenvalue weighted by atomic mass is 10.3. The van der Waals surface area contributed by atoms with Crippen molar-refractivity contribution in [3.8, 4) is 0 Å². The maximum absolute atomic E-state index is 11.4. The van der Waals surface area contributed by atoms with Crippen LogP contribution in [0.15, 0.2) is 0 Å². The molecule has 0 bridgehead atoms. The number of carbonyl (C=O) groups excluding carboxylic acids is 1. The van der Waals surface area contributed by atoms with Crippen LogP contribution in [0.5, 0.6) is 0 Å². The molecule has 0 fully saturated rings. The van der Waals surface area contributed by atoms with Gasteiger partial charge in [0.25, 0.3) is 0 Å². The molecule has 1 radical (unpaired) electrons. The van der Waals surface area contributed by atoms with Crippen molar-refractivity contribution < 1.29 is 13.9 Å². The highest BCUT2D eigenvalue weighted by molar-refractivity contribution is 5.37. The zero-order chi connectivity index (χ0) is 6.95. The minimum atomic E-state index is -0.287. The van der Waals surface area contributed by atoms with E-state index in [9.17, 15) is 9.18 Å². The number of rotatable bonds is 6. The van der Waals surface area contributed by atoms with E-state index in [2.05, 4.69) is 4.74 Å². The van der Waals surface area contributed by atoms with E-state index in [4.69, 9.17) is 0 Å². The number of halogens is 1. The van der Waals surface area contributed by atoms with Crippen LogP contribution in [-0.4, -0.2) is 19.8 Å². The van der Waals surface area contributed by atoms with Crippen LogP contribution < -0.4 is 0 Å². The molecule has 0 rings (SSSR count). The fraction of sp³-hybridized carbons (Fsp3) is 0.833. The molecule has 0 N–H and O–H groups in total. The molecule has 9 heavy (non-hydrogen) atoms. The van der Waals surface area contributed by atoms with Crippen LogP contribution >= 0.6 is 0 Å². The summed E-state index contributed by atoms with van der Waals surface area (Å²) >= 11 is 0. The molecule has 0 aromatic heterocycles. The van der Waals surface area contributed by atoms with Crippen molar-refractivity contribution in [3.63, 3.8) is 0 Å². The summed E-state index contributed by atoms with van der Waals surface area (Å²) in [5.41, 5.74) is 0. The average Bonchev–Trinajstić information content (AvgIpc) is 1.89. The molecule has 0 aliphatic carbocycles. The van der Waals surface area contributed by atoms with Gasteiger partial charge in [-0.05, 0) is 19.3 Å². The Morgan fingerprint density at radius 2 is 2.11 bits per heavy atom. The number of ether oxygens (including phenoxy) is 1. The van der Waals surface area contributed by atoms with Gasteiger partial charge in [0.2, 0.25) is 0 Å². The molecule has 3 heteroatoms. The highest BCUT2D eigenvalue weighted by atomic mass is 19.1. The fourth-order valence-corrected chi connectivity index (χ4v) is 0.487. The lowest BCUT2D eigenvalue weighted by Crippen LogP contribution is -1.91. The Hall–Kier alpha value is -0.600. The third kappa shape index (κ3) is 7.40. The smallest absolute Gasteiger partial charge is 0.417 e. The number of unbranched alkanes of at least 4 members (excludes halogenated alkanes) is 2. The minimum Gasteiger partial charge on any atom is -0.457 e. The van der Waals surface area contributed by atoms with Gasteiger partial charge in [-0.25, -0.2) is 4.79 Å². The Labute approximate surface area is 54.0 Å². The summed E-state index contributed by atoms with van der Waals surface area (Å²) < 4.78 is 15.6. The Bertz CT molecular complexity index is 66.1. The Balaban J connectivity index is 2.66. The van der Waals surface area contributed by atoms with Crippen LogP contribution in [0.3, 0.4) is 0 Å².